The highest BCUT2D eigenvalue weighted by molar-refractivity contribution is 9.11. The van der Waals surface area contributed by atoms with Gasteiger partial charge in [0.2, 0.25) is 5.91 Å². The van der Waals surface area contributed by atoms with E-state index in [-0.39, 0.29) is 29.4 Å². The average molecular weight is 817 g/mol. The summed E-state index contributed by atoms with van der Waals surface area (Å²) < 4.78 is 3.05. The molecule has 0 saturated carbocycles. The first-order valence-corrected chi connectivity index (χ1v) is 18.9. The predicted molar refractivity (Wildman–Crippen MR) is 199 cm³/mol. The van der Waals surface area contributed by atoms with Crippen LogP contribution in [0.1, 0.15) is 50.1 Å². The van der Waals surface area contributed by atoms with Gasteiger partial charge in [-0.25, -0.2) is 9.59 Å². The van der Waals surface area contributed by atoms with Crippen molar-refractivity contribution >= 4 is 55.2 Å². The van der Waals surface area contributed by atoms with Crippen molar-refractivity contribution in [1.82, 2.24) is 29.6 Å². The molecule has 50 heavy (non-hydrogen) atoms. The van der Waals surface area contributed by atoms with Gasteiger partial charge >= 0.3 is 11.7 Å². The van der Waals surface area contributed by atoms with Gasteiger partial charge < -0.3 is 30.7 Å². The van der Waals surface area contributed by atoms with Gasteiger partial charge in [-0.3, -0.25) is 19.5 Å². The minimum absolute atomic E-state index is 0.0546. The Hall–Kier alpha value is -3.69. The maximum Gasteiger partial charge on any atom is 0.326 e. The second kappa shape index (κ2) is 15.7. The molecule has 0 spiro atoms. The lowest BCUT2D eigenvalue weighted by Gasteiger charge is -2.40. The van der Waals surface area contributed by atoms with Crippen LogP contribution in [0, 0.1) is 22.0 Å². The number of nitrogen functional groups attached to an aromatic ring is 1. The van der Waals surface area contributed by atoms with Crippen LogP contribution >= 0.6 is 31.9 Å². The van der Waals surface area contributed by atoms with E-state index in [1.165, 1.54) is 25.0 Å². The van der Waals surface area contributed by atoms with Crippen molar-refractivity contribution < 1.29 is 14.5 Å². The molecular formula is C35H44Br2N8O5. The van der Waals surface area contributed by atoms with Gasteiger partial charge in [0.05, 0.1) is 16.3 Å². The normalized spacial score (nSPS) is 19.0. The molecule has 6 rings (SSSR count). The second-order valence-electron chi connectivity index (χ2n) is 13.9. The summed E-state index contributed by atoms with van der Waals surface area (Å²) in [6.45, 7) is 4.44. The van der Waals surface area contributed by atoms with E-state index in [4.69, 9.17) is 5.73 Å². The van der Waals surface area contributed by atoms with Crippen molar-refractivity contribution in [2.75, 3.05) is 52.0 Å². The molecule has 1 atom stereocenters. The number of piperidine rings is 3. The van der Waals surface area contributed by atoms with Crippen LogP contribution in [-0.4, -0.2) is 93.5 Å². The molecule has 2 aromatic carbocycles. The Morgan fingerprint density at radius 3 is 2.18 bits per heavy atom. The number of anilines is 1. The molecule has 0 unspecified atom stereocenters. The van der Waals surface area contributed by atoms with Gasteiger partial charge in [-0.1, -0.05) is 12.1 Å². The number of nitro benzene ring substituents is 1. The number of aromatic nitrogens is 2. The molecule has 4 N–H and O–H groups in total. The molecule has 268 valence electrons. The van der Waals surface area contributed by atoms with Crippen LogP contribution in [0.3, 0.4) is 0 Å². The van der Waals surface area contributed by atoms with Gasteiger partial charge in [0.25, 0.3) is 5.69 Å². The first kappa shape index (κ1) is 36.1. The maximum atomic E-state index is 14.1. The smallest absolute Gasteiger partial charge is 0.326 e. The Morgan fingerprint density at radius 2 is 1.56 bits per heavy atom. The van der Waals surface area contributed by atoms with Gasteiger partial charge in [-0.05, 0) is 120 Å². The third kappa shape index (κ3) is 8.26. The number of benzene rings is 2. The molecule has 3 fully saturated rings. The Morgan fingerprint density at radius 1 is 0.960 bits per heavy atom. The number of non-ortho nitro benzene ring substituents is 1. The monoisotopic (exact) mass is 814 g/mol. The van der Waals surface area contributed by atoms with E-state index in [2.05, 4.69) is 54.1 Å². The molecule has 3 aliphatic heterocycles. The highest BCUT2D eigenvalue weighted by Crippen LogP contribution is 2.34. The van der Waals surface area contributed by atoms with E-state index in [0.29, 0.717) is 83.2 Å². The van der Waals surface area contributed by atoms with Crippen molar-refractivity contribution in [2.45, 2.75) is 57.0 Å². The molecule has 1 aromatic heterocycles. The van der Waals surface area contributed by atoms with E-state index in [1.54, 1.807) is 27.8 Å². The number of nitrogens with zero attached hydrogens (tertiary/aromatic N) is 5. The average Bonchev–Trinajstić information content (AvgIpc) is 3.51. The number of hydrogen-bond acceptors (Lipinski definition) is 7. The Kier molecular flexibility index (Phi) is 11.3. The highest BCUT2D eigenvalue weighted by atomic mass is 79.9. The molecule has 0 aliphatic carbocycles. The summed E-state index contributed by atoms with van der Waals surface area (Å²) in [5.41, 5.74) is 8.25. The fourth-order valence-electron chi connectivity index (χ4n) is 7.70. The minimum atomic E-state index is -0.757. The van der Waals surface area contributed by atoms with Crippen LogP contribution in [0.25, 0.3) is 11.3 Å². The topological polar surface area (TPSA) is 163 Å². The number of imidazole rings is 1. The van der Waals surface area contributed by atoms with Gasteiger partial charge in [0.15, 0.2) is 0 Å². The van der Waals surface area contributed by atoms with E-state index in [1.807, 2.05) is 17.0 Å². The van der Waals surface area contributed by atoms with Crippen molar-refractivity contribution in [3.05, 3.63) is 77.7 Å². The molecule has 3 saturated heterocycles. The zero-order valence-electron chi connectivity index (χ0n) is 28.2. The number of likely N-dealkylation sites (tertiary alicyclic amines) is 3. The Balaban J connectivity index is 1.10. The maximum absolute atomic E-state index is 14.1. The fourth-order valence-corrected chi connectivity index (χ4v) is 8.99. The largest absolute Gasteiger partial charge is 0.397 e. The lowest BCUT2D eigenvalue weighted by molar-refractivity contribution is -0.384. The van der Waals surface area contributed by atoms with E-state index < -0.39 is 11.0 Å². The standard InChI is InChI=1S/C35H44Br2N8O5/c1-41-11-5-23(6-12-41)24-7-13-42(14-8-24)33(46)30(19-22-17-28(36)32(38)29(37)18-22)39-34(47)43-15-9-26(10-16-43)44-21-31(40-35(44)48)25-3-2-4-27(20-25)45(49)50/h2-4,17-18,20-21,23-24,26,30H,5-16,19,38H2,1H3,(H,39,47)(H,40,48)/t30-/m1/s1. The van der Waals surface area contributed by atoms with E-state index in [9.17, 15) is 24.5 Å². The molecule has 13 nitrogen and oxygen atoms in total. The number of carbonyl (C=O) groups is 2. The molecule has 3 amide bonds. The molecule has 15 heteroatoms. The quantitative estimate of drug-likeness (QED) is 0.156. The van der Waals surface area contributed by atoms with E-state index in [0.717, 1.165) is 31.5 Å². The van der Waals surface area contributed by atoms with Crippen LogP contribution in [0.4, 0.5) is 16.2 Å². The van der Waals surface area contributed by atoms with Gasteiger partial charge in [-0.2, -0.15) is 0 Å². The number of nitrogens with two attached hydrogens (primary N) is 1. The number of aromatic amines is 1. The van der Waals surface area contributed by atoms with Gasteiger partial charge in [0, 0.05) is 71.5 Å². The van der Waals surface area contributed by atoms with Crippen molar-refractivity contribution in [2.24, 2.45) is 11.8 Å². The minimum Gasteiger partial charge on any atom is -0.397 e. The summed E-state index contributed by atoms with van der Waals surface area (Å²) in [5, 5.41) is 14.3. The summed E-state index contributed by atoms with van der Waals surface area (Å²) in [7, 11) is 2.18. The zero-order valence-corrected chi connectivity index (χ0v) is 31.3. The molecule has 3 aromatic rings. The number of carbonyl (C=O) groups excluding carboxylic acids is 2. The highest BCUT2D eigenvalue weighted by Gasteiger charge is 2.35. The number of rotatable bonds is 8. The van der Waals surface area contributed by atoms with Crippen molar-refractivity contribution in [3.63, 3.8) is 0 Å². The van der Waals surface area contributed by atoms with Gasteiger partial charge in [0.1, 0.15) is 6.04 Å². The SMILES string of the molecule is CN1CCC(C2CCN(C(=O)[C@@H](Cc3cc(Br)c(N)c(Br)c3)NC(=O)N3CCC(n4cc(-c5cccc([N+](=O)[O-])c5)[nH]c4=O)CC3)CC2)CC1. The third-order valence-corrected chi connectivity index (χ3v) is 12.0. The zero-order chi connectivity index (χ0) is 35.5. The number of nitrogens with one attached hydrogen (secondary N) is 2. The van der Waals surface area contributed by atoms with Crippen LogP contribution in [0.15, 0.2) is 56.3 Å². The Labute approximate surface area is 308 Å². The number of urea groups is 1. The number of halogens is 2. The number of hydrogen-bond donors (Lipinski definition) is 3. The van der Waals surface area contributed by atoms with Crippen molar-refractivity contribution in [1.29, 1.82) is 0 Å². The van der Waals surface area contributed by atoms with Crippen LogP contribution in [0.5, 0.6) is 0 Å². The molecular weight excluding hydrogens is 772 g/mol. The van der Waals surface area contributed by atoms with Crippen LogP contribution in [0.2, 0.25) is 0 Å². The summed E-state index contributed by atoms with van der Waals surface area (Å²) in [6.07, 6.45) is 7.47. The first-order valence-electron chi connectivity index (χ1n) is 17.3. The lowest BCUT2D eigenvalue weighted by Crippen LogP contribution is -2.55. The molecule has 0 bridgehead atoms. The number of H-pyrrole nitrogens is 1. The van der Waals surface area contributed by atoms with E-state index >= 15 is 0 Å². The summed E-state index contributed by atoms with van der Waals surface area (Å²) in [6, 6.07) is 8.70. The lowest BCUT2D eigenvalue weighted by atomic mass is 9.79. The van der Waals surface area contributed by atoms with Gasteiger partial charge in [-0.15, -0.1) is 0 Å². The summed E-state index contributed by atoms with van der Waals surface area (Å²) in [4.78, 5) is 60.3. The molecule has 0 radical (unpaired) electrons. The Bertz CT molecular complexity index is 1750. The molecule has 4 heterocycles. The third-order valence-electron chi connectivity index (χ3n) is 10.7. The van der Waals surface area contributed by atoms with Crippen LogP contribution in [-0.2, 0) is 11.2 Å². The summed E-state index contributed by atoms with van der Waals surface area (Å²) in [5.74, 6) is 1.26. The van der Waals surface area contributed by atoms with Crippen molar-refractivity contribution in [3.8, 4) is 11.3 Å². The predicted octanol–water partition coefficient (Wildman–Crippen LogP) is 5.40. The number of nitro groups is 1. The molecule has 3 aliphatic rings. The summed E-state index contributed by atoms with van der Waals surface area (Å²) >= 11 is 7.03. The van der Waals surface area contributed by atoms with Crippen LogP contribution < -0.4 is 16.7 Å². The first-order chi connectivity index (χ1) is 24.0. The number of amides is 3. The second-order valence-corrected chi connectivity index (χ2v) is 15.6. The fraction of sp³-hybridized carbons (Fsp3) is 0.514.